The van der Waals surface area contributed by atoms with E-state index < -0.39 is 0 Å². The van der Waals surface area contributed by atoms with Crippen molar-refractivity contribution in [3.63, 3.8) is 0 Å². The minimum absolute atomic E-state index is 0.382. The van der Waals surface area contributed by atoms with Crippen LogP contribution in [0.4, 0.5) is 0 Å². The Balaban J connectivity index is 1.80. The number of carbonyl (C=O) groups excluding carboxylic acids is 1. The monoisotopic (exact) mass is 241 g/mol. The van der Waals surface area contributed by atoms with Crippen molar-refractivity contribution in [1.82, 2.24) is 15.0 Å². The largest absolute Gasteiger partial charge is 0.342 e. The van der Waals surface area contributed by atoms with Gasteiger partial charge in [0.25, 0.3) is 0 Å². The highest BCUT2D eigenvalue weighted by Gasteiger charge is 2.22. The quantitative estimate of drug-likeness (QED) is 0.879. The Morgan fingerprint density at radius 3 is 2.61 bits per heavy atom. The molecule has 3 rings (SSSR count). The van der Waals surface area contributed by atoms with Crippen molar-refractivity contribution >= 4 is 5.78 Å². The Labute approximate surface area is 105 Å². The number of H-pyrrole nitrogens is 1. The molecule has 0 atom stereocenters. The molecule has 0 bridgehead atoms. The summed E-state index contributed by atoms with van der Waals surface area (Å²) in [4.78, 5) is 23.1. The Morgan fingerprint density at radius 2 is 1.89 bits per heavy atom. The van der Waals surface area contributed by atoms with E-state index in [2.05, 4.69) is 15.0 Å². The first kappa shape index (κ1) is 11.1. The highest BCUT2D eigenvalue weighted by Crippen LogP contribution is 2.30. The smallest absolute Gasteiger partial charge is 0.132 e. The number of pyridine rings is 1. The Morgan fingerprint density at radius 1 is 1.17 bits per heavy atom. The number of rotatable bonds is 2. The number of aromatic amines is 1. The van der Waals surface area contributed by atoms with Crippen molar-refractivity contribution in [2.45, 2.75) is 31.6 Å². The zero-order valence-electron chi connectivity index (χ0n) is 10.1. The maximum absolute atomic E-state index is 11.2. The van der Waals surface area contributed by atoms with Crippen LogP contribution < -0.4 is 0 Å². The fourth-order valence-electron chi connectivity index (χ4n) is 2.44. The maximum atomic E-state index is 11.2. The maximum Gasteiger partial charge on any atom is 0.132 e. The van der Waals surface area contributed by atoms with Gasteiger partial charge in [-0.3, -0.25) is 9.78 Å². The number of nitrogens with one attached hydrogen (secondary N) is 1. The summed E-state index contributed by atoms with van der Waals surface area (Å²) in [6, 6.07) is 3.92. The lowest BCUT2D eigenvalue weighted by Crippen LogP contribution is -2.13. The summed E-state index contributed by atoms with van der Waals surface area (Å²) in [6.07, 6.45) is 8.63. The van der Waals surface area contributed by atoms with Crippen LogP contribution in [0.1, 0.15) is 37.4 Å². The molecule has 1 N–H and O–H groups in total. The molecule has 0 spiro atoms. The van der Waals surface area contributed by atoms with Crippen molar-refractivity contribution in [1.29, 1.82) is 0 Å². The number of nitrogens with zero attached hydrogens (tertiary/aromatic N) is 2. The summed E-state index contributed by atoms with van der Waals surface area (Å²) in [6.45, 7) is 0. The van der Waals surface area contributed by atoms with Crippen LogP contribution in [-0.2, 0) is 4.79 Å². The molecule has 0 aliphatic heterocycles. The first-order valence-electron chi connectivity index (χ1n) is 6.30. The van der Waals surface area contributed by atoms with Gasteiger partial charge in [0.2, 0.25) is 0 Å². The third-order valence-corrected chi connectivity index (χ3v) is 3.52. The van der Waals surface area contributed by atoms with E-state index in [0.29, 0.717) is 24.5 Å². The van der Waals surface area contributed by atoms with Crippen molar-refractivity contribution in [2.75, 3.05) is 0 Å². The Hall–Kier alpha value is -1.97. The number of imidazole rings is 1. The summed E-state index contributed by atoms with van der Waals surface area (Å²) in [7, 11) is 0. The van der Waals surface area contributed by atoms with Crippen molar-refractivity contribution in [2.24, 2.45) is 0 Å². The first-order valence-corrected chi connectivity index (χ1v) is 6.30. The van der Waals surface area contributed by atoms with E-state index in [1.54, 1.807) is 12.4 Å². The molecule has 4 nitrogen and oxygen atoms in total. The molecule has 1 aliphatic rings. The van der Waals surface area contributed by atoms with Crippen LogP contribution in [0.3, 0.4) is 0 Å². The zero-order valence-corrected chi connectivity index (χ0v) is 10.1. The van der Waals surface area contributed by atoms with Crippen molar-refractivity contribution in [3.05, 3.63) is 36.5 Å². The average Bonchev–Trinajstić information content (AvgIpc) is 2.90. The SMILES string of the molecule is O=C1CCC(c2ncc(-c3ccncc3)[nH]2)CC1. The molecule has 0 unspecified atom stereocenters. The Kier molecular flexibility index (Phi) is 2.92. The lowest BCUT2D eigenvalue weighted by Gasteiger charge is -2.18. The number of carbonyl (C=O) groups is 1. The number of aromatic nitrogens is 3. The molecule has 18 heavy (non-hydrogen) atoms. The second kappa shape index (κ2) is 4.72. The van der Waals surface area contributed by atoms with Gasteiger partial charge in [-0.05, 0) is 25.0 Å². The molecule has 2 aromatic heterocycles. The van der Waals surface area contributed by atoms with Gasteiger partial charge in [-0.25, -0.2) is 4.98 Å². The average molecular weight is 241 g/mol. The van der Waals surface area contributed by atoms with Gasteiger partial charge in [0, 0.05) is 36.7 Å². The van der Waals surface area contributed by atoms with E-state index in [-0.39, 0.29) is 0 Å². The lowest BCUT2D eigenvalue weighted by molar-refractivity contribution is -0.120. The van der Waals surface area contributed by atoms with Crippen LogP contribution in [0.25, 0.3) is 11.3 Å². The van der Waals surface area contributed by atoms with Crippen LogP contribution in [-0.4, -0.2) is 20.7 Å². The van der Waals surface area contributed by atoms with Gasteiger partial charge in [-0.15, -0.1) is 0 Å². The van der Waals surface area contributed by atoms with Crippen molar-refractivity contribution < 1.29 is 4.79 Å². The minimum Gasteiger partial charge on any atom is -0.342 e. The molecule has 2 heterocycles. The predicted octanol–water partition coefficient (Wildman–Crippen LogP) is 2.70. The zero-order chi connectivity index (χ0) is 12.4. The fourth-order valence-corrected chi connectivity index (χ4v) is 2.44. The van der Waals surface area contributed by atoms with Gasteiger partial charge in [0.15, 0.2) is 0 Å². The van der Waals surface area contributed by atoms with Crippen LogP contribution >= 0.6 is 0 Å². The topological polar surface area (TPSA) is 58.6 Å². The van der Waals surface area contributed by atoms with Crippen molar-refractivity contribution in [3.8, 4) is 11.3 Å². The summed E-state index contributed by atoms with van der Waals surface area (Å²) in [5.41, 5.74) is 2.11. The molecule has 0 radical (unpaired) electrons. The lowest BCUT2D eigenvalue weighted by atomic mass is 9.88. The Bertz CT molecular complexity index is 537. The molecule has 0 saturated heterocycles. The van der Waals surface area contributed by atoms with E-state index in [9.17, 15) is 4.79 Å². The van der Waals surface area contributed by atoms with Gasteiger partial charge >= 0.3 is 0 Å². The molecule has 0 amide bonds. The molecular formula is C14H15N3O. The van der Waals surface area contributed by atoms with Gasteiger partial charge < -0.3 is 4.98 Å². The molecule has 2 aromatic rings. The number of ketones is 1. The highest BCUT2D eigenvalue weighted by atomic mass is 16.1. The van der Waals surface area contributed by atoms with Gasteiger partial charge in [-0.2, -0.15) is 0 Å². The fraction of sp³-hybridized carbons (Fsp3) is 0.357. The second-order valence-corrected chi connectivity index (χ2v) is 4.73. The third-order valence-electron chi connectivity index (χ3n) is 3.52. The van der Waals surface area contributed by atoms with E-state index in [1.807, 2.05) is 18.3 Å². The number of Topliss-reactive ketones (excluding diaryl/α,β-unsaturated/α-hetero) is 1. The predicted molar refractivity (Wildman–Crippen MR) is 68.0 cm³/mol. The van der Waals surface area contributed by atoms with Crippen LogP contribution in [0.5, 0.6) is 0 Å². The summed E-state index contributed by atoms with van der Waals surface area (Å²) < 4.78 is 0. The van der Waals surface area contributed by atoms with Gasteiger partial charge in [0.05, 0.1) is 11.9 Å². The standard InChI is InChI=1S/C14H15N3O/c18-12-3-1-11(2-4-12)14-16-9-13(17-14)10-5-7-15-8-6-10/h5-9,11H,1-4H2,(H,16,17). The molecule has 1 saturated carbocycles. The molecule has 92 valence electrons. The second-order valence-electron chi connectivity index (χ2n) is 4.73. The van der Waals surface area contributed by atoms with E-state index in [4.69, 9.17) is 0 Å². The van der Waals surface area contributed by atoms with Crippen LogP contribution in [0.2, 0.25) is 0 Å². The highest BCUT2D eigenvalue weighted by molar-refractivity contribution is 5.79. The minimum atomic E-state index is 0.382. The van der Waals surface area contributed by atoms with Gasteiger partial charge in [0.1, 0.15) is 11.6 Å². The molecular weight excluding hydrogens is 226 g/mol. The number of hydrogen-bond donors (Lipinski definition) is 1. The van der Waals surface area contributed by atoms with E-state index >= 15 is 0 Å². The van der Waals surface area contributed by atoms with Crippen LogP contribution in [0.15, 0.2) is 30.7 Å². The first-order chi connectivity index (χ1) is 8.83. The third kappa shape index (κ3) is 2.18. The van der Waals surface area contributed by atoms with Crippen LogP contribution in [0, 0.1) is 0 Å². The summed E-state index contributed by atoms with van der Waals surface area (Å²) in [5, 5.41) is 0. The molecule has 4 heteroatoms. The van der Waals surface area contributed by atoms with E-state index in [1.165, 1.54) is 0 Å². The van der Waals surface area contributed by atoms with Gasteiger partial charge in [-0.1, -0.05) is 0 Å². The molecule has 1 fully saturated rings. The molecule has 0 aromatic carbocycles. The summed E-state index contributed by atoms with van der Waals surface area (Å²) >= 11 is 0. The van der Waals surface area contributed by atoms with E-state index in [0.717, 1.165) is 29.9 Å². The number of hydrogen-bond acceptors (Lipinski definition) is 3. The molecule has 1 aliphatic carbocycles. The normalized spacial score (nSPS) is 17.0. The summed E-state index contributed by atoms with van der Waals surface area (Å²) in [5.74, 6) is 1.79.